The normalized spacial score (nSPS) is 12.7. The number of thiazole rings is 1. The fourth-order valence-corrected chi connectivity index (χ4v) is 4.25. The molecular formula is C23H20N8O2S. The van der Waals surface area contributed by atoms with E-state index in [1.807, 2.05) is 18.2 Å². The van der Waals surface area contributed by atoms with Gasteiger partial charge in [0.05, 0.1) is 29.5 Å². The molecule has 0 saturated heterocycles. The number of carbonyl (C=O) groups excluding carboxylic acids is 2. The third-order valence-electron chi connectivity index (χ3n) is 5.15. The monoisotopic (exact) mass is 472 g/mol. The summed E-state index contributed by atoms with van der Waals surface area (Å²) in [5, 5.41) is 9.40. The summed E-state index contributed by atoms with van der Waals surface area (Å²) in [6.07, 6.45) is 8.39. The third kappa shape index (κ3) is 4.59. The van der Waals surface area contributed by atoms with Crippen molar-refractivity contribution in [1.29, 1.82) is 0 Å². The van der Waals surface area contributed by atoms with Crippen LogP contribution in [-0.4, -0.2) is 43.8 Å². The predicted molar refractivity (Wildman–Crippen MR) is 128 cm³/mol. The van der Waals surface area contributed by atoms with E-state index in [0.29, 0.717) is 33.0 Å². The molecule has 0 unspecified atom stereocenters. The topological polar surface area (TPSA) is 135 Å². The van der Waals surface area contributed by atoms with Gasteiger partial charge in [0, 0.05) is 24.9 Å². The number of nitrogens with one attached hydrogen (secondary N) is 3. The Morgan fingerprint density at radius 2 is 1.82 bits per heavy atom. The molecule has 170 valence electrons. The molecule has 4 heterocycles. The highest BCUT2D eigenvalue weighted by molar-refractivity contribution is 7.19. The molecule has 0 radical (unpaired) electrons. The Balaban J connectivity index is 1.49. The molecule has 1 saturated carbocycles. The third-order valence-corrected chi connectivity index (χ3v) is 6.14. The molecule has 1 aliphatic carbocycles. The fourth-order valence-electron chi connectivity index (χ4n) is 3.31. The standard InChI is InChI=1S/C23H20N8O2S/c1-24-20(32)19-23(34-22(30-19)17-4-2-3-9-27-17)31-21(33)18-16(28-14-10-25-12-26-11-14)8-7-15(29-18)13-5-6-13/h2-4,7-13,28H,5-6H2,1H3,(H,24,32)(H,31,33). The number of nitrogens with zero attached hydrogens (tertiary/aromatic N) is 5. The lowest BCUT2D eigenvalue weighted by Crippen LogP contribution is -2.22. The van der Waals surface area contributed by atoms with Gasteiger partial charge >= 0.3 is 0 Å². The lowest BCUT2D eigenvalue weighted by atomic mass is 10.2. The molecule has 0 bridgehead atoms. The molecule has 34 heavy (non-hydrogen) atoms. The summed E-state index contributed by atoms with van der Waals surface area (Å²) in [6, 6.07) is 9.17. The molecule has 5 rings (SSSR count). The fraction of sp³-hybridized carbons (Fsp3) is 0.174. The van der Waals surface area contributed by atoms with E-state index >= 15 is 0 Å². The van der Waals surface area contributed by atoms with Gasteiger partial charge in [0.15, 0.2) is 11.4 Å². The van der Waals surface area contributed by atoms with Crippen LogP contribution in [0.2, 0.25) is 0 Å². The van der Waals surface area contributed by atoms with Crippen LogP contribution >= 0.6 is 11.3 Å². The summed E-state index contributed by atoms with van der Waals surface area (Å²) in [5.41, 5.74) is 2.93. The Kier molecular flexibility index (Phi) is 5.91. The zero-order chi connectivity index (χ0) is 23.5. The van der Waals surface area contributed by atoms with Gasteiger partial charge in [-0.2, -0.15) is 0 Å². The van der Waals surface area contributed by atoms with E-state index in [0.717, 1.165) is 18.5 Å². The molecule has 10 nitrogen and oxygen atoms in total. The van der Waals surface area contributed by atoms with Crippen LogP contribution in [0.3, 0.4) is 0 Å². The lowest BCUT2D eigenvalue weighted by Gasteiger charge is -2.12. The smallest absolute Gasteiger partial charge is 0.277 e. The Bertz CT molecular complexity index is 1340. The maximum Gasteiger partial charge on any atom is 0.277 e. The van der Waals surface area contributed by atoms with Crippen molar-refractivity contribution in [3.05, 3.63) is 72.3 Å². The summed E-state index contributed by atoms with van der Waals surface area (Å²) in [7, 11) is 1.51. The van der Waals surface area contributed by atoms with Crippen molar-refractivity contribution in [1.82, 2.24) is 30.2 Å². The van der Waals surface area contributed by atoms with Gasteiger partial charge in [0.25, 0.3) is 11.8 Å². The first-order valence-corrected chi connectivity index (χ1v) is 11.4. The molecule has 1 fully saturated rings. The quantitative estimate of drug-likeness (QED) is 0.371. The van der Waals surface area contributed by atoms with E-state index in [1.165, 1.54) is 24.7 Å². The van der Waals surface area contributed by atoms with Crippen LogP contribution < -0.4 is 16.0 Å². The molecule has 0 atom stereocenters. The summed E-state index contributed by atoms with van der Waals surface area (Å²) in [5.74, 6) is -0.502. The van der Waals surface area contributed by atoms with Gasteiger partial charge < -0.3 is 16.0 Å². The van der Waals surface area contributed by atoms with Crippen LogP contribution in [-0.2, 0) is 0 Å². The molecule has 3 N–H and O–H groups in total. The van der Waals surface area contributed by atoms with Crippen LogP contribution in [0.25, 0.3) is 10.7 Å². The molecule has 0 spiro atoms. The van der Waals surface area contributed by atoms with E-state index in [4.69, 9.17) is 0 Å². The van der Waals surface area contributed by atoms with E-state index in [2.05, 4.69) is 40.9 Å². The second-order valence-corrected chi connectivity index (χ2v) is 8.60. The summed E-state index contributed by atoms with van der Waals surface area (Å²) >= 11 is 1.18. The molecule has 0 aromatic carbocycles. The van der Waals surface area contributed by atoms with E-state index in [1.54, 1.807) is 30.7 Å². The average molecular weight is 473 g/mol. The van der Waals surface area contributed by atoms with Crippen molar-refractivity contribution in [3.8, 4) is 10.7 Å². The molecule has 11 heteroatoms. The molecular weight excluding hydrogens is 452 g/mol. The molecule has 0 aliphatic heterocycles. The lowest BCUT2D eigenvalue weighted by molar-refractivity contribution is 0.0960. The highest BCUT2D eigenvalue weighted by Crippen LogP contribution is 2.40. The number of carbonyl (C=O) groups is 2. The molecule has 1 aliphatic rings. The average Bonchev–Trinajstić information content (AvgIpc) is 3.65. The van der Waals surface area contributed by atoms with Gasteiger partial charge in [-0.1, -0.05) is 17.4 Å². The Hall–Kier alpha value is -4.25. The number of anilines is 3. The first kappa shape index (κ1) is 21.6. The van der Waals surface area contributed by atoms with Crippen LogP contribution in [0, 0.1) is 0 Å². The Labute approximate surface area is 198 Å². The van der Waals surface area contributed by atoms with Gasteiger partial charge in [-0.05, 0) is 37.1 Å². The second kappa shape index (κ2) is 9.32. The summed E-state index contributed by atoms with van der Waals surface area (Å²) in [6.45, 7) is 0. The highest BCUT2D eigenvalue weighted by Gasteiger charge is 2.28. The van der Waals surface area contributed by atoms with Gasteiger partial charge in [-0.25, -0.2) is 19.9 Å². The summed E-state index contributed by atoms with van der Waals surface area (Å²) in [4.78, 5) is 47.2. The van der Waals surface area contributed by atoms with Crippen LogP contribution in [0.4, 0.5) is 16.4 Å². The van der Waals surface area contributed by atoms with Gasteiger partial charge in [0.2, 0.25) is 0 Å². The van der Waals surface area contributed by atoms with Crippen LogP contribution in [0.5, 0.6) is 0 Å². The number of hydrogen-bond acceptors (Lipinski definition) is 9. The van der Waals surface area contributed by atoms with Gasteiger partial charge in [-0.15, -0.1) is 0 Å². The second-order valence-electron chi connectivity index (χ2n) is 7.60. The molecule has 4 aromatic rings. The minimum Gasteiger partial charge on any atom is -0.354 e. The van der Waals surface area contributed by atoms with Gasteiger partial charge in [-0.3, -0.25) is 14.6 Å². The number of aromatic nitrogens is 5. The van der Waals surface area contributed by atoms with Crippen LogP contribution in [0.1, 0.15) is 45.4 Å². The SMILES string of the molecule is CNC(=O)c1nc(-c2ccccn2)sc1NC(=O)c1nc(C2CC2)ccc1Nc1cncnc1. The first-order chi connectivity index (χ1) is 16.6. The Morgan fingerprint density at radius 3 is 2.53 bits per heavy atom. The van der Waals surface area contributed by atoms with Crippen molar-refractivity contribution in [3.63, 3.8) is 0 Å². The Morgan fingerprint density at radius 1 is 1.00 bits per heavy atom. The van der Waals surface area contributed by atoms with Crippen molar-refractivity contribution >= 4 is 39.5 Å². The van der Waals surface area contributed by atoms with E-state index in [9.17, 15) is 9.59 Å². The summed E-state index contributed by atoms with van der Waals surface area (Å²) < 4.78 is 0. The van der Waals surface area contributed by atoms with Gasteiger partial charge in [0.1, 0.15) is 16.3 Å². The largest absolute Gasteiger partial charge is 0.354 e. The zero-order valence-electron chi connectivity index (χ0n) is 18.1. The maximum atomic E-state index is 13.4. The minimum absolute atomic E-state index is 0.116. The minimum atomic E-state index is -0.455. The first-order valence-electron chi connectivity index (χ1n) is 10.6. The number of rotatable bonds is 7. The molecule has 4 aromatic heterocycles. The maximum absolute atomic E-state index is 13.4. The van der Waals surface area contributed by atoms with Crippen molar-refractivity contribution < 1.29 is 9.59 Å². The molecule has 2 amide bonds. The zero-order valence-corrected chi connectivity index (χ0v) is 19.0. The number of pyridine rings is 2. The number of amides is 2. The van der Waals surface area contributed by atoms with Crippen molar-refractivity contribution in [2.75, 3.05) is 17.7 Å². The van der Waals surface area contributed by atoms with Crippen LogP contribution in [0.15, 0.2) is 55.2 Å². The predicted octanol–water partition coefficient (Wildman–Crippen LogP) is 3.62. The highest BCUT2D eigenvalue weighted by atomic mass is 32.1. The van der Waals surface area contributed by atoms with Crippen molar-refractivity contribution in [2.24, 2.45) is 0 Å². The number of hydrogen-bond donors (Lipinski definition) is 3. The van der Waals surface area contributed by atoms with E-state index < -0.39 is 11.8 Å². The van der Waals surface area contributed by atoms with Crippen molar-refractivity contribution in [2.45, 2.75) is 18.8 Å². The van der Waals surface area contributed by atoms with E-state index in [-0.39, 0.29) is 11.4 Å².